The van der Waals surface area contributed by atoms with Gasteiger partial charge < -0.3 is 15.2 Å². The maximum absolute atomic E-state index is 12.2. The molecule has 0 saturated carbocycles. The minimum absolute atomic E-state index is 0.316. The second-order valence-corrected chi connectivity index (χ2v) is 5.34. The molecule has 106 valence electrons. The molecule has 0 aromatic heterocycles. The van der Waals surface area contributed by atoms with Gasteiger partial charge >= 0.3 is 0 Å². The van der Waals surface area contributed by atoms with E-state index in [9.17, 15) is 14.7 Å². The third-order valence-corrected chi connectivity index (χ3v) is 3.92. The third-order valence-electron chi connectivity index (χ3n) is 3.51. The van der Waals surface area contributed by atoms with Gasteiger partial charge in [0.05, 0.1) is 5.92 Å². The summed E-state index contributed by atoms with van der Waals surface area (Å²) in [5.41, 5.74) is 1.48. The molecule has 0 fully saturated rings. The van der Waals surface area contributed by atoms with E-state index in [4.69, 9.17) is 11.6 Å². The zero-order valence-electron chi connectivity index (χ0n) is 11.1. The van der Waals surface area contributed by atoms with Gasteiger partial charge in [0.15, 0.2) is 0 Å². The fourth-order valence-electron chi connectivity index (χ4n) is 2.27. The average Bonchev–Trinajstić information content (AvgIpc) is 2.43. The molecule has 1 aliphatic carbocycles. The summed E-state index contributed by atoms with van der Waals surface area (Å²) in [4.78, 5) is 23.3. The molecule has 0 saturated heterocycles. The number of halogens is 1. The van der Waals surface area contributed by atoms with Gasteiger partial charge in [0, 0.05) is 22.6 Å². The number of aryl methyl sites for hydroxylation is 1. The zero-order chi connectivity index (χ0) is 14.7. The normalized spacial score (nSPS) is 21.5. The van der Waals surface area contributed by atoms with Crippen molar-refractivity contribution in [3.8, 4) is 0 Å². The first-order valence-electron chi connectivity index (χ1n) is 6.42. The standard InChI is InChI=1S/C15H16ClNO3/c1-9-6-7-10(8-13(9)16)17-14(18)11-4-2-3-5-12(11)15(19)20/h2-3,6-8,11-12H,4-5H2,1H3,(H,17,18)(H,19,20)/p-1/t11-,12+/m0/s1. The molecule has 0 aliphatic heterocycles. The van der Waals surface area contributed by atoms with Gasteiger partial charge in [-0.2, -0.15) is 0 Å². The van der Waals surface area contributed by atoms with Gasteiger partial charge in [-0.05, 0) is 37.5 Å². The Morgan fingerprint density at radius 1 is 1.25 bits per heavy atom. The first-order chi connectivity index (χ1) is 9.49. The maximum atomic E-state index is 12.2. The number of hydrogen-bond donors (Lipinski definition) is 1. The summed E-state index contributed by atoms with van der Waals surface area (Å²) >= 11 is 6.00. The molecule has 5 heteroatoms. The number of rotatable bonds is 3. The Morgan fingerprint density at radius 2 is 1.90 bits per heavy atom. The molecule has 1 aliphatic rings. The van der Waals surface area contributed by atoms with Crippen LogP contribution in [0.15, 0.2) is 30.4 Å². The van der Waals surface area contributed by atoms with Gasteiger partial charge in [0.1, 0.15) is 0 Å². The van der Waals surface area contributed by atoms with Crippen molar-refractivity contribution < 1.29 is 14.7 Å². The Balaban J connectivity index is 2.12. The highest BCUT2D eigenvalue weighted by atomic mass is 35.5. The lowest BCUT2D eigenvalue weighted by molar-refractivity contribution is -0.313. The minimum Gasteiger partial charge on any atom is -0.550 e. The quantitative estimate of drug-likeness (QED) is 0.865. The number of carboxylic acids is 1. The third kappa shape index (κ3) is 3.20. The summed E-state index contributed by atoms with van der Waals surface area (Å²) < 4.78 is 0. The fourth-order valence-corrected chi connectivity index (χ4v) is 2.45. The first-order valence-corrected chi connectivity index (χ1v) is 6.79. The van der Waals surface area contributed by atoms with Gasteiger partial charge in [-0.15, -0.1) is 0 Å². The summed E-state index contributed by atoms with van der Waals surface area (Å²) in [6.07, 6.45) is 4.33. The molecule has 0 unspecified atom stereocenters. The SMILES string of the molecule is Cc1ccc(NC(=O)[C@H]2CC=CC[C@H]2C(=O)[O-])cc1Cl. The summed E-state index contributed by atoms with van der Waals surface area (Å²) in [5, 5.41) is 14.3. The van der Waals surface area contributed by atoms with E-state index >= 15 is 0 Å². The van der Waals surface area contributed by atoms with E-state index in [-0.39, 0.29) is 5.91 Å². The van der Waals surface area contributed by atoms with Crippen LogP contribution >= 0.6 is 11.6 Å². The lowest BCUT2D eigenvalue weighted by Gasteiger charge is -2.28. The Labute approximate surface area is 122 Å². The number of allylic oxidation sites excluding steroid dienone is 2. The van der Waals surface area contributed by atoms with E-state index in [2.05, 4.69) is 5.32 Å². The predicted molar refractivity (Wildman–Crippen MR) is 75.2 cm³/mol. The summed E-state index contributed by atoms with van der Waals surface area (Å²) in [6.45, 7) is 1.87. The topological polar surface area (TPSA) is 69.2 Å². The van der Waals surface area contributed by atoms with Crippen molar-refractivity contribution in [1.29, 1.82) is 0 Å². The number of carbonyl (C=O) groups excluding carboxylic acids is 2. The van der Waals surface area contributed by atoms with Crippen LogP contribution in [0, 0.1) is 18.8 Å². The van der Waals surface area contributed by atoms with Gasteiger partial charge in [0.25, 0.3) is 0 Å². The van der Waals surface area contributed by atoms with Crippen LogP contribution in [0.3, 0.4) is 0 Å². The predicted octanol–water partition coefficient (Wildman–Crippen LogP) is 1.92. The van der Waals surface area contributed by atoms with Gasteiger partial charge in [-0.25, -0.2) is 0 Å². The Morgan fingerprint density at radius 3 is 2.50 bits per heavy atom. The van der Waals surface area contributed by atoms with Crippen LogP contribution in [0.4, 0.5) is 5.69 Å². The molecule has 0 heterocycles. The van der Waals surface area contributed by atoms with Crippen LogP contribution in [0.25, 0.3) is 0 Å². The second kappa shape index (κ2) is 6.09. The molecule has 1 amide bonds. The highest BCUT2D eigenvalue weighted by Gasteiger charge is 2.29. The lowest BCUT2D eigenvalue weighted by atomic mass is 9.82. The highest BCUT2D eigenvalue weighted by molar-refractivity contribution is 6.31. The van der Waals surface area contributed by atoms with Crippen LogP contribution in [0.1, 0.15) is 18.4 Å². The average molecular weight is 293 g/mol. The molecule has 0 bridgehead atoms. The van der Waals surface area contributed by atoms with Crippen molar-refractivity contribution in [2.24, 2.45) is 11.8 Å². The Hall–Kier alpha value is -1.81. The monoisotopic (exact) mass is 292 g/mol. The molecular weight excluding hydrogens is 278 g/mol. The number of carboxylic acid groups (broad SMARTS) is 1. The molecule has 1 aromatic rings. The van der Waals surface area contributed by atoms with Crippen molar-refractivity contribution in [3.05, 3.63) is 40.9 Å². The van der Waals surface area contributed by atoms with Crippen molar-refractivity contribution in [1.82, 2.24) is 0 Å². The van der Waals surface area contributed by atoms with Gasteiger partial charge in [-0.1, -0.05) is 29.8 Å². The van der Waals surface area contributed by atoms with E-state index in [1.807, 2.05) is 13.0 Å². The van der Waals surface area contributed by atoms with Crippen molar-refractivity contribution in [2.75, 3.05) is 5.32 Å². The molecule has 0 spiro atoms. The van der Waals surface area contributed by atoms with Crippen LogP contribution in [-0.2, 0) is 9.59 Å². The molecule has 0 radical (unpaired) electrons. The summed E-state index contributed by atoms with van der Waals surface area (Å²) in [5.74, 6) is -2.88. The number of anilines is 1. The second-order valence-electron chi connectivity index (χ2n) is 4.93. The van der Waals surface area contributed by atoms with E-state index in [0.717, 1.165) is 5.56 Å². The Kier molecular flexibility index (Phi) is 4.45. The molecule has 1 N–H and O–H groups in total. The molecule has 2 rings (SSSR count). The van der Waals surface area contributed by atoms with Crippen LogP contribution in [0.5, 0.6) is 0 Å². The largest absolute Gasteiger partial charge is 0.550 e. The highest BCUT2D eigenvalue weighted by Crippen LogP contribution is 2.27. The summed E-state index contributed by atoms with van der Waals surface area (Å²) in [6, 6.07) is 5.20. The van der Waals surface area contributed by atoms with Crippen LogP contribution < -0.4 is 10.4 Å². The zero-order valence-corrected chi connectivity index (χ0v) is 11.8. The van der Waals surface area contributed by atoms with Gasteiger partial charge in [-0.3, -0.25) is 4.79 Å². The lowest BCUT2D eigenvalue weighted by Crippen LogP contribution is -2.41. The van der Waals surface area contributed by atoms with E-state index in [0.29, 0.717) is 23.6 Å². The number of carbonyl (C=O) groups is 2. The fraction of sp³-hybridized carbons (Fsp3) is 0.333. The first kappa shape index (κ1) is 14.6. The molecular formula is C15H15ClNO3-. The van der Waals surface area contributed by atoms with Crippen LogP contribution in [0.2, 0.25) is 5.02 Å². The summed E-state index contributed by atoms with van der Waals surface area (Å²) in [7, 11) is 0. The Bertz CT molecular complexity index is 568. The minimum atomic E-state index is -1.18. The maximum Gasteiger partial charge on any atom is 0.228 e. The smallest absolute Gasteiger partial charge is 0.228 e. The van der Waals surface area contributed by atoms with Crippen LogP contribution in [-0.4, -0.2) is 11.9 Å². The number of amides is 1. The van der Waals surface area contributed by atoms with E-state index in [1.165, 1.54) is 0 Å². The van der Waals surface area contributed by atoms with Gasteiger partial charge in [0.2, 0.25) is 5.91 Å². The van der Waals surface area contributed by atoms with Crippen molar-refractivity contribution in [2.45, 2.75) is 19.8 Å². The number of aliphatic carboxylic acids is 1. The number of hydrogen-bond acceptors (Lipinski definition) is 3. The molecule has 1 aromatic carbocycles. The molecule has 4 nitrogen and oxygen atoms in total. The van der Waals surface area contributed by atoms with E-state index in [1.54, 1.807) is 24.3 Å². The van der Waals surface area contributed by atoms with Crippen molar-refractivity contribution in [3.63, 3.8) is 0 Å². The molecule has 20 heavy (non-hydrogen) atoms. The number of benzene rings is 1. The molecule has 2 atom stereocenters. The van der Waals surface area contributed by atoms with Crippen molar-refractivity contribution >= 4 is 29.2 Å². The van der Waals surface area contributed by atoms with E-state index < -0.39 is 17.8 Å². The number of nitrogens with one attached hydrogen (secondary N) is 1.